The van der Waals surface area contributed by atoms with Gasteiger partial charge in [0.05, 0.1) is 13.2 Å². The van der Waals surface area contributed by atoms with Crippen LogP contribution in [0.15, 0.2) is 30.3 Å². The summed E-state index contributed by atoms with van der Waals surface area (Å²) < 4.78 is 5.20. The molecule has 0 aromatic heterocycles. The maximum absolute atomic E-state index is 10.0. The van der Waals surface area contributed by atoms with Crippen LogP contribution in [0.4, 0.5) is 0 Å². The highest BCUT2D eigenvalue weighted by atomic mass is 16.5. The zero-order valence-corrected chi connectivity index (χ0v) is 9.12. The van der Waals surface area contributed by atoms with E-state index in [-0.39, 0.29) is 0 Å². The highest BCUT2D eigenvalue weighted by Gasteiger charge is 2.26. The van der Waals surface area contributed by atoms with E-state index in [2.05, 4.69) is 0 Å². The fraction of sp³-hybridized carbons (Fsp3) is 0.500. The molecule has 4 heteroatoms. The first-order valence-corrected chi connectivity index (χ1v) is 5.52. The summed E-state index contributed by atoms with van der Waals surface area (Å²) in [6.07, 6.45) is -1.72. The summed E-state index contributed by atoms with van der Waals surface area (Å²) in [7, 11) is 0. The van der Waals surface area contributed by atoms with Crippen LogP contribution in [0.5, 0.6) is 0 Å². The van der Waals surface area contributed by atoms with Crippen molar-refractivity contribution in [2.24, 2.45) is 0 Å². The molecule has 4 nitrogen and oxygen atoms in total. The third kappa shape index (κ3) is 2.59. The molecule has 1 aliphatic rings. The monoisotopic (exact) mass is 223 g/mol. The summed E-state index contributed by atoms with van der Waals surface area (Å²) in [5.74, 6) is 0. The van der Waals surface area contributed by atoms with Crippen LogP contribution in [0.3, 0.4) is 0 Å². The number of morpholine rings is 1. The van der Waals surface area contributed by atoms with E-state index in [0.717, 1.165) is 5.56 Å². The molecular weight excluding hydrogens is 206 g/mol. The van der Waals surface area contributed by atoms with E-state index in [1.165, 1.54) is 0 Å². The first-order chi connectivity index (χ1) is 7.79. The fourth-order valence-electron chi connectivity index (χ4n) is 1.86. The second-order valence-electron chi connectivity index (χ2n) is 3.92. The van der Waals surface area contributed by atoms with Gasteiger partial charge in [-0.3, -0.25) is 4.90 Å². The normalized spacial score (nSPS) is 21.6. The molecule has 1 fully saturated rings. The molecule has 0 amide bonds. The van der Waals surface area contributed by atoms with Gasteiger partial charge in [-0.2, -0.15) is 0 Å². The predicted molar refractivity (Wildman–Crippen MR) is 59.8 cm³/mol. The Labute approximate surface area is 95.1 Å². The lowest BCUT2D eigenvalue weighted by Gasteiger charge is -2.33. The highest BCUT2D eigenvalue weighted by molar-refractivity contribution is 5.18. The molecule has 1 heterocycles. The van der Waals surface area contributed by atoms with Crippen molar-refractivity contribution in [3.8, 4) is 0 Å². The van der Waals surface area contributed by atoms with Gasteiger partial charge in [0.15, 0.2) is 0 Å². The van der Waals surface area contributed by atoms with Gasteiger partial charge < -0.3 is 14.9 Å². The van der Waals surface area contributed by atoms with Crippen LogP contribution in [0, 0.1) is 0 Å². The molecule has 1 aliphatic heterocycles. The lowest BCUT2D eigenvalue weighted by atomic mass is 10.1. The van der Waals surface area contributed by atoms with E-state index >= 15 is 0 Å². The van der Waals surface area contributed by atoms with Gasteiger partial charge >= 0.3 is 0 Å². The number of benzene rings is 1. The van der Waals surface area contributed by atoms with E-state index < -0.39 is 12.3 Å². The number of hydrogen-bond acceptors (Lipinski definition) is 4. The van der Waals surface area contributed by atoms with Crippen molar-refractivity contribution in [1.29, 1.82) is 0 Å². The van der Waals surface area contributed by atoms with Gasteiger partial charge in [0, 0.05) is 13.1 Å². The quantitative estimate of drug-likeness (QED) is 0.777. The summed E-state index contributed by atoms with van der Waals surface area (Å²) >= 11 is 0. The van der Waals surface area contributed by atoms with Crippen molar-refractivity contribution in [1.82, 2.24) is 4.90 Å². The Kier molecular flexibility index (Phi) is 3.90. The Morgan fingerprint density at radius 2 is 1.69 bits per heavy atom. The molecule has 2 N–H and O–H groups in total. The van der Waals surface area contributed by atoms with Crippen molar-refractivity contribution in [3.05, 3.63) is 35.9 Å². The van der Waals surface area contributed by atoms with Gasteiger partial charge in [-0.15, -0.1) is 0 Å². The molecule has 0 aliphatic carbocycles. The highest BCUT2D eigenvalue weighted by Crippen LogP contribution is 2.19. The second kappa shape index (κ2) is 5.41. The lowest BCUT2D eigenvalue weighted by Crippen LogP contribution is -2.46. The minimum absolute atomic E-state index is 0.610. The fourth-order valence-corrected chi connectivity index (χ4v) is 1.86. The van der Waals surface area contributed by atoms with Crippen molar-refractivity contribution in [3.63, 3.8) is 0 Å². The molecule has 1 aromatic carbocycles. The van der Waals surface area contributed by atoms with E-state index in [0.29, 0.717) is 26.3 Å². The average Bonchev–Trinajstić information content (AvgIpc) is 2.39. The maximum Gasteiger partial charge on any atom is 0.137 e. The molecule has 1 aromatic rings. The summed E-state index contributed by atoms with van der Waals surface area (Å²) in [5, 5.41) is 20.0. The van der Waals surface area contributed by atoms with Crippen molar-refractivity contribution in [2.75, 3.05) is 26.3 Å². The first kappa shape index (κ1) is 11.5. The SMILES string of the molecule is OC(c1ccccc1)C(O)N1CCOCC1. The molecule has 1 saturated heterocycles. The summed E-state index contributed by atoms with van der Waals surface area (Å²) in [4.78, 5) is 1.83. The van der Waals surface area contributed by atoms with Crippen molar-refractivity contribution in [2.45, 2.75) is 12.3 Å². The van der Waals surface area contributed by atoms with Crippen molar-refractivity contribution >= 4 is 0 Å². The van der Waals surface area contributed by atoms with Gasteiger partial charge in [-0.25, -0.2) is 0 Å². The van der Waals surface area contributed by atoms with E-state index in [1.807, 2.05) is 35.2 Å². The van der Waals surface area contributed by atoms with Crippen LogP contribution in [0.1, 0.15) is 11.7 Å². The van der Waals surface area contributed by atoms with Gasteiger partial charge in [0.2, 0.25) is 0 Å². The Morgan fingerprint density at radius 1 is 1.06 bits per heavy atom. The Balaban J connectivity index is 2.00. The maximum atomic E-state index is 10.0. The summed E-state index contributed by atoms with van der Waals surface area (Å²) in [6.45, 7) is 2.53. The third-order valence-corrected chi connectivity index (χ3v) is 2.84. The summed E-state index contributed by atoms with van der Waals surface area (Å²) in [5.41, 5.74) is 0.737. The van der Waals surface area contributed by atoms with Crippen LogP contribution in [0.25, 0.3) is 0 Å². The number of aliphatic hydroxyl groups excluding tert-OH is 2. The van der Waals surface area contributed by atoms with E-state index in [1.54, 1.807) is 0 Å². The second-order valence-corrected chi connectivity index (χ2v) is 3.92. The molecule has 0 radical (unpaired) electrons. The van der Waals surface area contributed by atoms with Crippen LogP contribution >= 0.6 is 0 Å². The molecule has 2 unspecified atom stereocenters. The third-order valence-electron chi connectivity index (χ3n) is 2.84. The van der Waals surface area contributed by atoms with E-state index in [9.17, 15) is 10.2 Å². The van der Waals surface area contributed by atoms with Crippen molar-refractivity contribution < 1.29 is 14.9 Å². The number of rotatable bonds is 3. The molecule has 2 atom stereocenters. The molecule has 16 heavy (non-hydrogen) atoms. The van der Waals surface area contributed by atoms with E-state index in [4.69, 9.17) is 4.74 Å². The van der Waals surface area contributed by atoms with Gasteiger partial charge in [-0.05, 0) is 5.56 Å². The van der Waals surface area contributed by atoms with Crippen LogP contribution < -0.4 is 0 Å². The first-order valence-electron chi connectivity index (χ1n) is 5.52. The molecule has 2 rings (SSSR count). The predicted octanol–water partition coefficient (Wildman–Crippen LogP) is 0.371. The standard InChI is InChI=1S/C12H17NO3/c14-11(10-4-2-1-3-5-10)12(15)13-6-8-16-9-7-13/h1-5,11-12,14-15H,6-9H2. The number of ether oxygens (including phenoxy) is 1. The van der Waals surface area contributed by atoms with Gasteiger partial charge in [0.25, 0.3) is 0 Å². The zero-order valence-electron chi connectivity index (χ0n) is 9.12. The Morgan fingerprint density at radius 3 is 2.31 bits per heavy atom. The topological polar surface area (TPSA) is 52.9 Å². The number of aliphatic hydroxyl groups is 2. The largest absolute Gasteiger partial charge is 0.384 e. The Bertz CT molecular complexity index is 311. The number of nitrogens with zero attached hydrogens (tertiary/aromatic N) is 1. The van der Waals surface area contributed by atoms with Gasteiger partial charge in [0.1, 0.15) is 12.3 Å². The number of hydrogen-bond donors (Lipinski definition) is 2. The molecular formula is C12H17NO3. The molecule has 88 valence electrons. The van der Waals surface area contributed by atoms with Crippen LogP contribution in [0.2, 0.25) is 0 Å². The van der Waals surface area contributed by atoms with Gasteiger partial charge in [-0.1, -0.05) is 30.3 Å². The van der Waals surface area contributed by atoms with Crippen LogP contribution in [-0.4, -0.2) is 47.6 Å². The minimum atomic E-state index is -0.862. The molecule has 0 saturated carbocycles. The minimum Gasteiger partial charge on any atom is -0.384 e. The summed E-state index contributed by atoms with van der Waals surface area (Å²) in [6, 6.07) is 9.22. The van der Waals surface area contributed by atoms with Crippen LogP contribution in [-0.2, 0) is 4.74 Å². The molecule has 0 spiro atoms. The zero-order chi connectivity index (χ0) is 11.4. The molecule has 0 bridgehead atoms. The Hall–Kier alpha value is -0.940. The smallest absolute Gasteiger partial charge is 0.137 e. The lowest BCUT2D eigenvalue weighted by molar-refractivity contribution is -0.115. The average molecular weight is 223 g/mol.